The molecule has 1 aromatic carbocycles. The summed E-state index contributed by atoms with van der Waals surface area (Å²) >= 11 is 0. The highest BCUT2D eigenvalue weighted by Gasteiger charge is 2.22. The molecule has 0 bridgehead atoms. The first-order valence-corrected chi connectivity index (χ1v) is 4.20. The van der Waals surface area contributed by atoms with Crippen LogP contribution in [0.3, 0.4) is 0 Å². The van der Waals surface area contributed by atoms with E-state index >= 15 is 0 Å². The van der Waals surface area contributed by atoms with Gasteiger partial charge in [0, 0.05) is 5.69 Å². The molecule has 1 amide bonds. The zero-order valence-electron chi connectivity index (χ0n) is 6.79. The molecule has 1 aliphatic carbocycles. The Kier molecular flexibility index (Phi) is 1.82. The van der Waals surface area contributed by atoms with E-state index in [1.54, 1.807) is 0 Å². The average molecular weight is 161 g/mol. The molecule has 0 radical (unpaired) electrons. The van der Waals surface area contributed by atoms with E-state index < -0.39 is 0 Å². The van der Waals surface area contributed by atoms with Crippen LogP contribution >= 0.6 is 0 Å². The molecule has 1 saturated carbocycles. The Labute approximate surface area is 71.6 Å². The van der Waals surface area contributed by atoms with Crippen LogP contribution in [-0.4, -0.2) is 6.41 Å². The molecule has 12 heavy (non-hydrogen) atoms. The number of rotatable bonds is 3. The normalized spacial score (nSPS) is 15.7. The first-order chi connectivity index (χ1) is 5.90. The van der Waals surface area contributed by atoms with E-state index in [2.05, 4.69) is 17.4 Å². The van der Waals surface area contributed by atoms with Crippen LogP contribution in [0.4, 0.5) is 5.69 Å². The van der Waals surface area contributed by atoms with E-state index in [-0.39, 0.29) is 0 Å². The van der Waals surface area contributed by atoms with Crippen molar-refractivity contribution in [2.75, 3.05) is 5.32 Å². The molecule has 0 atom stereocenters. The average Bonchev–Trinajstić information content (AvgIpc) is 2.89. The Morgan fingerprint density at radius 1 is 1.25 bits per heavy atom. The lowest BCUT2D eigenvalue weighted by atomic mass is 10.1. The second-order valence-electron chi connectivity index (χ2n) is 3.16. The van der Waals surface area contributed by atoms with Gasteiger partial charge in [-0.2, -0.15) is 0 Å². The van der Waals surface area contributed by atoms with Gasteiger partial charge in [0.15, 0.2) is 0 Å². The number of hydrogen-bond acceptors (Lipinski definition) is 1. The Morgan fingerprint density at radius 2 is 1.92 bits per heavy atom. The fourth-order valence-corrected chi connectivity index (χ4v) is 1.34. The monoisotopic (exact) mass is 161 g/mol. The van der Waals surface area contributed by atoms with Crippen molar-refractivity contribution in [1.29, 1.82) is 0 Å². The van der Waals surface area contributed by atoms with Crippen LogP contribution < -0.4 is 5.32 Å². The van der Waals surface area contributed by atoms with Gasteiger partial charge in [-0.25, -0.2) is 0 Å². The minimum Gasteiger partial charge on any atom is -0.329 e. The second kappa shape index (κ2) is 2.97. The molecule has 0 saturated heterocycles. The molecule has 1 fully saturated rings. The van der Waals surface area contributed by atoms with Crippen molar-refractivity contribution in [1.82, 2.24) is 0 Å². The second-order valence-corrected chi connectivity index (χ2v) is 3.16. The summed E-state index contributed by atoms with van der Waals surface area (Å²) in [6.07, 6.45) is 3.34. The Bertz CT molecular complexity index is 274. The third-order valence-corrected chi connectivity index (χ3v) is 2.19. The van der Waals surface area contributed by atoms with Gasteiger partial charge in [0.05, 0.1) is 0 Å². The van der Waals surface area contributed by atoms with Crippen LogP contribution in [0.5, 0.6) is 0 Å². The molecule has 1 N–H and O–H groups in total. The fraction of sp³-hybridized carbons (Fsp3) is 0.300. The molecule has 62 valence electrons. The van der Waals surface area contributed by atoms with Gasteiger partial charge in [-0.15, -0.1) is 0 Å². The van der Waals surface area contributed by atoms with Crippen molar-refractivity contribution in [2.24, 2.45) is 0 Å². The van der Waals surface area contributed by atoms with E-state index in [9.17, 15) is 4.79 Å². The molecule has 2 heteroatoms. The molecule has 0 aromatic heterocycles. The van der Waals surface area contributed by atoms with Gasteiger partial charge < -0.3 is 5.32 Å². The van der Waals surface area contributed by atoms with Gasteiger partial charge in [-0.1, -0.05) is 12.1 Å². The number of carbonyl (C=O) groups excluding carboxylic acids is 1. The number of carbonyl (C=O) groups is 1. The van der Waals surface area contributed by atoms with Gasteiger partial charge in [0.1, 0.15) is 0 Å². The molecular weight excluding hydrogens is 150 g/mol. The lowest BCUT2D eigenvalue weighted by molar-refractivity contribution is -0.105. The number of nitrogens with one attached hydrogen (secondary N) is 1. The summed E-state index contributed by atoms with van der Waals surface area (Å²) in [6, 6.07) is 8.07. The SMILES string of the molecule is O=CNc1ccc(C2CC2)cc1. The third-order valence-electron chi connectivity index (χ3n) is 2.19. The minimum atomic E-state index is 0.701. The van der Waals surface area contributed by atoms with Crippen molar-refractivity contribution in [3.8, 4) is 0 Å². The number of amides is 1. The molecule has 0 unspecified atom stereocenters. The molecule has 2 rings (SSSR count). The topological polar surface area (TPSA) is 29.1 Å². The Hall–Kier alpha value is -1.31. The summed E-state index contributed by atoms with van der Waals surface area (Å²) in [4.78, 5) is 10.1. The molecule has 0 aliphatic heterocycles. The highest BCUT2D eigenvalue weighted by molar-refractivity contribution is 5.71. The lowest BCUT2D eigenvalue weighted by Gasteiger charge is -2.00. The smallest absolute Gasteiger partial charge is 0.211 e. The maximum Gasteiger partial charge on any atom is 0.211 e. The summed E-state index contributed by atoms with van der Waals surface area (Å²) in [6.45, 7) is 0. The van der Waals surface area contributed by atoms with E-state index in [0.717, 1.165) is 11.6 Å². The van der Waals surface area contributed by atoms with Crippen LogP contribution in [-0.2, 0) is 4.79 Å². The van der Waals surface area contributed by atoms with Crippen molar-refractivity contribution >= 4 is 12.1 Å². The van der Waals surface area contributed by atoms with Crippen molar-refractivity contribution in [3.05, 3.63) is 29.8 Å². The van der Waals surface area contributed by atoms with Crippen molar-refractivity contribution in [3.63, 3.8) is 0 Å². The molecule has 2 nitrogen and oxygen atoms in total. The molecule has 0 spiro atoms. The van der Waals surface area contributed by atoms with E-state index in [0.29, 0.717) is 6.41 Å². The van der Waals surface area contributed by atoms with Gasteiger partial charge in [0.2, 0.25) is 6.41 Å². The molecular formula is C10H11NO. The van der Waals surface area contributed by atoms with Crippen molar-refractivity contribution < 1.29 is 4.79 Å². The van der Waals surface area contributed by atoms with Gasteiger partial charge >= 0.3 is 0 Å². The first-order valence-electron chi connectivity index (χ1n) is 4.20. The lowest BCUT2D eigenvalue weighted by Crippen LogP contribution is -1.92. The van der Waals surface area contributed by atoms with E-state index in [1.807, 2.05) is 12.1 Å². The van der Waals surface area contributed by atoms with Gasteiger partial charge in [-0.3, -0.25) is 4.79 Å². The number of anilines is 1. The fourth-order valence-electron chi connectivity index (χ4n) is 1.34. The van der Waals surface area contributed by atoms with Crippen molar-refractivity contribution in [2.45, 2.75) is 18.8 Å². The maximum absolute atomic E-state index is 10.1. The van der Waals surface area contributed by atoms with Crippen LogP contribution in [0, 0.1) is 0 Å². The van der Waals surface area contributed by atoms with Crippen LogP contribution in [0.15, 0.2) is 24.3 Å². The summed E-state index contributed by atoms with van der Waals surface area (Å²) in [7, 11) is 0. The quantitative estimate of drug-likeness (QED) is 0.676. The van der Waals surface area contributed by atoms with E-state index in [1.165, 1.54) is 18.4 Å². The highest BCUT2D eigenvalue weighted by Crippen LogP contribution is 2.40. The number of hydrogen-bond donors (Lipinski definition) is 1. The highest BCUT2D eigenvalue weighted by atomic mass is 16.1. The molecule has 1 aromatic rings. The van der Waals surface area contributed by atoms with Gasteiger partial charge in [0.25, 0.3) is 0 Å². The molecule has 0 heterocycles. The third kappa shape index (κ3) is 1.47. The largest absolute Gasteiger partial charge is 0.329 e. The summed E-state index contributed by atoms with van der Waals surface area (Å²) in [5, 5.41) is 2.61. The molecule has 1 aliphatic rings. The summed E-state index contributed by atoms with van der Waals surface area (Å²) in [5.41, 5.74) is 2.26. The minimum absolute atomic E-state index is 0.701. The zero-order chi connectivity index (χ0) is 8.39. The predicted octanol–water partition coefficient (Wildman–Crippen LogP) is 2.13. The zero-order valence-corrected chi connectivity index (χ0v) is 6.79. The standard InChI is InChI=1S/C10H11NO/c12-7-11-10-5-3-9(4-6-10)8-1-2-8/h3-8H,1-2H2,(H,11,12). The van der Waals surface area contributed by atoms with Crippen LogP contribution in [0.1, 0.15) is 24.3 Å². The van der Waals surface area contributed by atoms with Crippen LogP contribution in [0.2, 0.25) is 0 Å². The number of benzene rings is 1. The predicted molar refractivity (Wildman–Crippen MR) is 48.1 cm³/mol. The summed E-state index contributed by atoms with van der Waals surface area (Å²) < 4.78 is 0. The van der Waals surface area contributed by atoms with E-state index in [4.69, 9.17) is 0 Å². The van der Waals surface area contributed by atoms with Gasteiger partial charge in [-0.05, 0) is 36.5 Å². The van der Waals surface area contributed by atoms with Crippen LogP contribution in [0.25, 0.3) is 0 Å². The Morgan fingerprint density at radius 3 is 2.42 bits per heavy atom. The first kappa shape index (κ1) is 7.35. The Balaban J connectivity index is 2.12. The maximum atomic E-state index is 10.1. The summed E-state index contributed by atoms with van der Waals surface area (Å²) in [5.74, 6) is 0.787.